The zero-order chi connectivity index (χ0) is 11.6. The molecule has 0 aromatic heterocycles. The number of rotatable bonds is 4. The summed E-state index contributed by atoms with van der Waals surface area (Å²) in [6.07, 6.45) is -3.84. The molecule has 0 atom stereocenters. The van der Waals surface area contributed by atoms with E-state index in [1.807, 2.05) is 0 Å². The van der Waals surface area contributed by atoms with Gasteiger partial charge in [-0.15, -0.1) is 0 Å². The monoisotopic (exact) mass is 217 g/mol. The Bertz CT molecular complexity index is 212. The van der Waals surface area contributed by atoms with Crippen LogP contribution in [0.3, 0.4) is 0 Å². The van der Waals surface area contributed by atoms with Crippen LogP contribution in [0.15, 0.2) is 0 Å². The molecule has 3 nitrogen and oxygen atoms in total. The molecule has 0 spiro atoms. The van der Waals surface area contributed by atoms with Crippen molar-refractivity contribution in [3.8, 4) is 0 Å². The van der Waals surface area contributed by atoms with Gasteiger partial charge in [-0.05, 0) is 13.8 Å². The van der Waals surface area contributed by atoms with Crippen LogP contribution in [0.25, 0.3) is 0 Å². The van der Waals surface area contributed by atoms with Crippen LogP contribution in [0, 0.1) is 0 Å². The number of amides is 1. The average molecular weight is 217 g/mol. The van der Waals surface area contributed by atoms with E-state index in [0.717, 1.165) is 13.8 Å². The highest BCUT2D eigenvalue weighted by Gasteiger charge is 2.41. The second kappa shape index (κ2) is 4.12. The maximum atomic E-state index is 12.2. The van der Waals surface area contributed by atoms with Crippen molar-refractivity contribution in [1.29, 1.82) is 0 Å². The molecule has 0 aliphatic heterocycles. The Morgan fingerprint density at radius 2 is 1.86 bits per heavy atom. The SMILES string of the molecule is CC(C)(O)C(=O)NCC(F)(F)C(F)F. The quantitative estimate of drug-likeness (QED) is 0.683. The lowest BCUT2D eigenvalue weighted by Crippen LogP contribution is -2.48. The molecule has 0 fully saturated rings. The molecule has 1 amide bonds. The molecular formula is C7H11F4NO2. The highest BCUT2D eigenvalue weighted by atomic mass is 19.3. The van der Waals surface area contributed by atoms with E-state index >= 15 is 0 Å². The predicted molar refractivity (Wildman–Crippen MR) is 40.3 cm³/mol. The Morgan fingerprint density at radius 3 is 2.14 bits per heavy atom. The van der Waals surface area contributed by atoms with Crippen LogP contribution in [0.2, 0.25) is 0 Å². The van der Waals surface area contributed by atoms with Gasteiger partial charge in [0.1, 0.15) is 5.60 Å². The molecule has 0 saturated carbocycles. The number of carbonyl (C=O) groups excluding carboxylic acids is 1. The Kier molecular flexibility index (Phi) is 3.87. The van der Waals surface area contributed by atoms with Gasteiger partial charge in [0.2, 0.25) is 0 Å². The van der Waals surface area contributed by atoms with E-state index in [-0.39, 0.29) is 0 Å². The smallest absolute Gasteiger partial charge is 0.324 e. The molecule has 2 N–H and O–H groups in total. The largest absolute Gasteiger partial charge is 0.381 e. The van der Waals surface area contributed by atoms with Gasteiger partial charge in [0.05, 0.1) is 6.54 Å². The third kappa shape index (κ3) is 3.91. The minimum atomic E-state index is -4.28. The van der Waals surface area contributed by atoms with Gasteiger partial charge in [-0.1, -0.05) is 0 Å². The molecule has 0 saturated heterocycles. The highest BCUT2D eigenvalue weighted by Crippen LogP contribution is 2.21. The van der Waals surface area contributed by atoms with Crippen LogP contribution in [0.4, 0.5) is 17.6 Å². The van der Waals surface area contributed by atoms with E-state index in [9.17, 15) is 22.4 Å². The fourth-order valence-electron chi connectivity index (χ4n) is 0.492. The van der Waals surface area contributed by atoms with Gasteiger partial charge in [0.15, 0.2) is 0 Å². The molecule has 0 radical (unpaired) electrons. The van der Waals surface area contributed by atoms with Gasteiger partial charge in [0.25, 0.3) is 5.91 Å². The molecule has 7 heteroatoms. The fourth-order valence-corrected chi connectivity index (χ4v) is 0.492. The minimum absolute atomic E-state index is 1.06. The van der Waals surface area contributed by atoms with Crippen molar-refractivity contribution >= 4 is 5.91 Å². The number of halogens is 4. The molecule has 0 aromatic carbocycles. The topological polar surface area (TPSA) is 49.3 Å². The van der Waals surface area contributed by atoms with Crippen LogP contribution in [-0.4, -0.2) is 35.5 Å². The van der Waals surface area contributed by atoms with E-state index < -0.39 is 30.4 Å². The zero-order valence-electron chi connectivity index (χ0n) is 7.65. The van der Waals surface area contributed by atoms with Crippen LogP contribution < -0.4 is 5.32 Å². The summed E-state index contributed by atoms with van der Waals surface area (Å²) in [4.78, 5) is 10.8. The van der Waals surface area contributed by atoms with Crippen molar-refractivity contribution in [2.45, 2.75) is 31.8 Å². The van der Waals surface area contributed by atoms with Crippen molar-refractivity contribution in [3.05, 3.63) is 0 Å². The second-order valence-corrected chi connectivity index (χ2v) is 3.30. The van der Waals surface area contributed by atoms with Gasteiger partial charge in [0, 0.05) is 0 Å². The van der Waals surface area contributed by atoms with Gasteiger partial charge >= 0.3 is 12.3 Å². The first-order chi connectivity index (χ1) is 6.07. The van der Waals surface area contributed by atoms with Crippen LogP contribution in [-0.2, 0) is 4.79 Å². The van der Waals surface area contributed by atoms with E-state index in [2.05, 4.69) is 0 Å². The predicted octanol–water partition coefficient (Wildman–Crippen LogP) is 0.774. The summed E-state index contributed by atoms with van der Waals surface area (Å²) in [5, 5.41) is 10.5. The lowest BCUT2D eigenvalue weighted by molar-refractivity contribution is -0.146. The number of aliphatic hydroxyl groups is 1. The molecule has 14 heavy (non-hydrogen) atoms. The number of hydrogen-bond acceptors (Lipinski definition) is 2. The Morgan fingerprint density at radius 1 is 1.43 bits per heavy atom. The summed E-state index contributed by atoms with van der Waals surface area (Å²) in [5.74, 6) is -5.40. The molecule has 0 heterocycles. The third-order valence-corrected chi connectivity index (χ3v) is 1.36. The molecular weight excluding hydrogens is 206 g/mol. The van der Waals surface area contributed by atoms with E-state index in [4.69, 9.17) is 5.11 Å². The first kappa shape index (κ1) is 13.2. The molecule has 0 aromatic rings. The summed E-state index contributed by atoms with van der Waals surface area (Å²) >= 11 is 0. The summed E-state index contributed by atoms with van der Waals surface area (Å²) in [6.45, 7) is 0.624. The lowest BCUT2D eigenvalue weighted by atomic mass is 10.1. The first-order valence-electron chi connectivity index (χ1n) is 3.74. The zero-order valence-corrected chi connectivity index (χ0v) is 7.65. The van der Waals surface area contributed by atoms with Gasteiger partial charge in [-0.2, -0.15) is 8.78 Å². The van der Waals surface area contributed by atoms with Crippen LogP contribution >= 0.6 is 0 Å². The van der Waals surface area contributed by atoms with Gasteiger partial charge in [-0.3, -0.25) is 4.79 Å². The third-order valence-electron chi connectivity index (χ3n) is 1.36. The van der Waals surface area contributed by atoms with Gasteiger partial charge in [-0.25, -0.2) is 8.78 Å². The van der Waals surface area contributed by atoms with Crippen molar-refractivity contribution in [3.63, 3.8) is 0 Å². The maximum Gasteiger partial charge on any atom is 0.324 e. The Hall–Kier alpha value is -0.850. The molecule has 0 aliphatic rings. The van der Waals surface area contributed by atoms with Crippen LogP contribution in [0.1, 0.15) is 13.8 Å². The van der Waals surface area contributed by atoms with E-state index in [1.54, 1.807) is 0 Å². The molecule has 0 bridgehead atoms. The summed E-state index contributed by atoms with van der Waals surface area (Å²) in [7, 11) is 0. The van der Waals surface area contributed by atoms with E-state index in [1.165, 1.54) is 5.32 Å². The molecule has 84 valence electrons. The number of nitrogens with one attached hydrogen (secondary N) is 1. The molecule has 0 aliphatic carbocycles. The number of alkyl halides is 4. The number of carbonyl (C=O) groups is 1. The fraction of sp³-hybridized carbons (Fsp3) is 0.857. The minimum Gasteiger partial charge on any atom is -0.381 e. The Balaban J connectivity index is 4.14. The van der Waals surface area contributed by atoms with E-state index in [0.29, 0.717) is 0 Å². The van der Waals surface area contributed by atoms with Crippen molar-refractivity contribution < 1.29 is 27.5 Å². The van der Waals surface area contributed by atoms with Gasteiger partial charge < -0.3 is 10.4 Å². The lowest BCUT2D eigenvalue weighted by Gasteiger charge is -2.20. The second-order valence-electron chi connectivity index (χ2n) is 3.30. The molecule has 0 rings (SSSR count). The van der Waals surface area contributed by atoms with Crippen LogP contribution in [0.5, 0.6) is 0 Å². The molecule has 0 unspecified atom stereocenters. The normalized spacial score (nSPS) is 13.1. The Labute approximate surface area is 78.1 Å². The average Bonchev–Trinajstić information content (AvgIpc) is 1.98. The summed E-state index contributed by atoms with van der Waals surface area (Å²) in [5.41, 5.74) is -1.86. The summed E-state index contributed by atoms with van der Waals surface area (Å²) < 4.78 is 47.7. The van der Waals surface area contributed by atoms with Crippen molar-refractivity contribution in [2.24, 2.45) is 0 Å². The highest BCUT2D eigenvalue weighted by molar-refractivity contribution is 5.83. The first-order valence-corrected chi connectivity index (χ1v) is 3.74. The van der Waals surface area contributed by atoms with Crippen molar-refractivity contribution in [2.75, 3.05) is 6.54 Å². The number of hydrogen-bond donors (Lipinski definition) is 2. The van der Waals surface area contributed by atoms with Crippen molar-refractivity contribution in [1.82, 2.24) is 5.32 Å². The summed E-state index contributed by atoms with van der Waals surface area (Å²) in [6, 6.07) is 0. The maximum absolute atomic E-state index is 12.2. The standard InChI is InChI=1S/C7H11F4NO2/c1-6(2,14)5(13)12-3-7(10,11)4(8)9/h4,14H,3H2,1-2H3,(H,12,13).